The molecule has 2 aromatic rings. The Kier molecular flexibility index (Phi) is 5.60. The van der Waals surface area contributed by atoms with Crippen LogP contribution in [-0.4, -0.2) is 47.3 Å². The van der Waals surface area contributed by atoms with Gasteiger partial charge in [0.2, 0.25) is 5.95 Å². The van der Waals surface area contributed by atoms with E-state index in [9.17, 15) is 9.90 Å². The lowest BCUT2D eigenvalue weighted by molar-refractivity contribution is -0.142. The van der Waals surface area contributed by atoms with E-state index in [-0.39, 0.29) is 0 Å². The first-order chi connectivity index (χ1) is 12.9. The number of benzene rings is 1. The van der Waals surface area contributed by atoms with E-state index in [2.05, 4.69) is 39.2 Å². The van der Waals surface area contributed by atoms with Gasteiger partial charge in [0.15, 0.2) is 0 Å². The molecule has 0 bridgehead atoms. The fraction of sp³-hybridized carbons (Fsp3) is 0.450. The molecule has 2 N–H and O–H groups in total. The topological polar surface area (TPSA) is 87.6 Å². The first-order valence-electron chi connectivity index (χ1n) is 9.11. The van der Waals surface area contributed by atoms with Crippen LogP contribution in [0.2, 0.25) is 0 Å². The van der Waals surface area contributed by atoms with E-state index in [0.29, 0.717) is 50.2 Å². The molecule has 1 aromatic carbocycles. The second-order valence-corrected chi connectivity index (χ2v) is 7.24. The van der Waals surface area contributed by atoms with Gasteiger partial charge in [-0.1, -0.05) is 24.3 Å². The Balaban J connectivity index is 1.90. The van der Waals surface area contributed by atoms with Crippen molar-refractivity contribution in [2.75, 3.05) is 36.5 Å². The van der Waals surface area contributed by atoms with Crippen LogP contribution in [0.25, 0.3) is 0 Å². The van der Waals surface area contributed by atoms with Crippen LogP contribution < -0.4 is 10.2 Å². The Hall–Kier alpha value is -2.67. The molecule has 7 nitrogen and oxygen atoms in total. The van der Waals surface area contributed by atoms with Gasteiger partial charge in [-0.05, 0) is 31.9 Å². The number of nitrogens with one attached hydrogen (secondary N) is 1. The maximum Gasteiger partial charge on any atom is 0.313 e. The predicted octanol–water partition coefficient (Wildman–Crippen LogP) is 2.60. The number of carbonyl (C=O) groups is 1. The van der Waals surface area contributed by atoms with E-state index in [4.69, 9.17) is 4.74 Å². The summed E-state index contributed by atoms with van der Waals surface area (Å²) in [4.78, 5) is 22.9. The molecule has 1 aromatic heterocycles. The summed E-state index contributed by atoms with van der Waals surface area (Å²) in [6.45, 7) is 8.59. The van der Waals surface area contributed by atoms with Crippen LogP contribution in [-0.2, 0) is 21.5 Å². The summed E-state index contributed by atoms with van der Waals surface area (Å²) in [6, 6.07) is 8.14. The number of morpholine rings is 1. The highest BCUT2D eigenvalue weighted by atomic mass is 16.5. The maximum absolute atomic E-state index is 11.8. The van der Waals surface area contributed by atoms with Gasteiger partial charge in [0.05, 0.1) is 18.6 Å². The minimum atomic E-state index is -1.08. The highest BCUT2D eigenvalue weighted by Crippen LogP contribution is 2.32. The van der Waals surface area contributed by atoms with Crippen LogP contribution in [0, 0.1) is 6.92 Å². The Morgan fingerprint density at radius 1 is 1.30 bits per heavy atom. The molecule has 144 valence electrons. The van der Waals surface area contributed by atoms with Crippen molar-refractivity contribution in [1.29, 1.82) is 0 Å². The second-order valence-electron chi connectivity index (χ2n) is 7.24. The van der Waals surface area contributed by atoms with Gasteiger partial charge in [-0.15, -0.1) is 0 Å². The third kappa shape index (κ3) is 4.19. The van der Waals surface area contributed by atoms with E-state index < -0.39 is 11.4 Å². The number of aromatic nitrogens is 2. The molecular weight excluding hydrogens is 344 g/mol. The number of nitrogens with zero attached hydrogens (tertiary/aromatic N) is 3. The molecule has 7 heteroatoms. The van der Waals surface area contributed by atoms with Crippen LogP contribution in [0.4, 0.5) is 11.8 Å². The smallest absolute Gasteiger partial charge is 0.313 e. The van der Waals surface area contributed by atoms with Crippen molar-refractivity contribution in [1.82, 2.24) is 9.97 Å². The summed E-state index contributed by atoms with van der Waals surface area (Å²) in [6.07, 6.45) is 1.63. The van der Waals surface area contributed by atoms with E-state index >= 15 is 0 Å². The van der Waals surface area contributed by atoms with Crippen molar-refractivity contribution in [3.05, 3.63) is 47.2 Å². The van der Waals surface area contributed by atoms with E-state index in [1.54, 1.807) is 20.0 Å². The lowest BCUT2D eigenvalue weighted by Crippen LogP contribution is -2.40. The van der Waals surface area contributed by atoms with Gasteiger partial charge in [-0.2, -0.15) is 4.98 Å². The van der Waals surface area contributed by atoms with Crippen molar-refractivity contribution in [3.63, 3.8) is 0 Å². The molecule has 1 aliphatic rings. The molecule has 0 unspecified atom stereocenters. The van der Waals surface area contributed by atoms with Gasteiger partial charge >= 0.3 is 5.97 Å². The fourth-order valence-corrected chi connectivity index (χ4v) is 3.01. The van der Waals surface area contributed by atoms with E-state index in [1.165, 1.54) is 11.1 Å². The van der Waals surface area contributed by atoms with E-state index in [0.717, 1.165) is 0 Å². The molecule has 0 spiro atoms. The first-order valence-corrected chi connectivity index (χ1v) is 9.11. The summed E-state index contributed by atoms with van der Waals surface area (Å²) in [5.41, 5.74) is 1.90. The summed E-state index contributed by atoms with van der Waals surface area (Å²) >= 11 is 0. The number of anilines is 2. The molecule has 3 rings (SSSR count). The minimum absolute atomic E-state index is 0.490. The van der Waals surface area contributed by atoms with Crippen molar-refractivity contribution >= 4 is 17.7 Å². The predicted molar refractivity (Wildman–Crippen MR) is 104 cm³/mol. The molecule has 1 fully saturated rings. The molecule has 1 saturated heterocycles. The van der Waals surface area contributed by atoms with Crippen LogP contribution in [0.15, 0.2) is 30.5 Å². The number of hydrogen-bond donors (Lipinski definition) is 2. The normalized spacial score (nSPS) is 14.9. The van der Waals surface area contributed by atoms with Crippen LogP contribution in [0.5, 0.6) is 0 Å². The monoisotopic (exact) mass is 370 g/mol. The van der Waals surface area contributed by atoms with Crippen LogP contribution in [0.1, 0.15) is 30.5 Å². The Bertz CT molecular complexity index is 817. The van der Waals surface area contributed by atoms with Crippen molar-refractivity contribution in [3.8, 4) is 0 Å². The molecular formula is C20H26N4O3. The molecule has 0 atom stereocenters. The lowest BCUT2D eigenvalue weighted by atomic mass is 9.85. The van der Waals surface area contributed by atoms with Crippen molar-refractivity contribution in [2.45, 2.75) is 32.7 Å². The number of hydrogen-bond acceptors (Lipinski definition) is 6. The molecule has 0 saturated carbocycles. The average Bonchev–Trinajstić information content (AvgIpc) is 2.67. The van der Waals surface area contributed by atoms with Gasteiger partial charge in [-0.25, -0.2) is 4.98 Å². The van der Waals surface area contributed by atoms with Gasteiger partial charge in [0.25, 0.3) is 0 Å². The van der Waals surface area contributed by atoms with Crippen LogP contribution in [0.3, 0.4) is 0 Å². The number of carboxylic acids is 1. The number of rotatable bonds is 6. The third-order valence-electron chi connectivity index (χ3n) is 4.99. The Labute approximate surface area is 159 Å². The van der Waals surface area contributed by atoms with Gasteiger partial charge in [0.1, 0.15) is 5.82 Å². The SMILES string of the molecule is Cc1ccccc1CNc1ncc(C(C)(C)C(=O)O)c(N2CCOCC2)n1. The minimum Gasteiger partial charge on any atom is -0.481 e. The van der Waals surface area contributed by atoms with E-state index in [1.807, 2.05) is 12.1 Å². The summed E-state index contributed by atoms with van der Waals surface area (Å²) in [7, 11) is 0. The molecule has 1 aliphatic heterocycles. The quantitative estimate of drug-likeness (QED) is 0.808. The third-order valence-corrected chi connectivity index (χ3v) is 4.99. The highest BCUT2D eigenvalue weighted by molar-refractivity contribution is 5.82. The standard InChI is InChI=1S/C20H26N4O3/c1-14-6-4-5-7-15(14)12-21-19-22-13-16(20(2,3)18(25)26)17(23-19)24-8-10-27-11-9-24/h4-7,13H,8-12H2,1-3H3,(H,25,26)(H,21,22,23). The Morgan fingerprint density at radius 3 is 2.67 bits per heavy atom. The van der Waals surface area contributed by atoms with Crippen molar-refractivity contribution < 1.29 is 14.6 Å². The Morgan fingerprint density at radius 2 is 2.00 bits per heavy atom. The maximum atomic E-state index is 11.8. The lowest BCUT2D eigenvalue weighted by Gasteiger charge is -2.32. The molecule has 0 amide bonds. The highest BCUT2D eigenvalue weighted by Gasteiger charge is 2.35. The zero-order valence-corrected chi connectivity index (χ0v) is 16.0. The average molecular weight is 370 g/mol. The molecule has 27 heavy (non-hydrogen) atoms. The zero-order chi connectivity index (χ0) is 19.4. The van der Waals surface area contributed by atoms with Gasteiger partial charge in [-0.3, -0.25) is 4.79 Å². The molecule has 0 radical (unpaired) electrons. The summed E-state index contributed by atoms with van der Waals surface area (Å²) < 4.78 is 5.43. The van der Waals surface area contributed by atoms with Crippen molar-refractivity contribution in [2.24, 2.45) is 0 Å². The molecule has 2 heterocycles. The summed E-state index contributed by atoms with van der Waals surface area (Å²) in [5, 5.41) is 12.9. The van der Waals surface area contributed by atoms with Crippen LogP contribution >= 0.6 is 0 Å². The van der Waals surface area contributed by atoms with Gasteiger partial charge < -0.3 is 20.1 Å². The number of aryl methyl sites for hydroxylation is 1. The number of aliphatic carboxylic acids is 1. The van der Waals surface area contributed by atoms with Gasteiger partial charge in [0, 0.05) is 31.4 Å². The largest absolute Gasteiger partial charge is 0.481 e. The first kappa shape index (κ1) is 19.1. The molecule has 0 aliphatic carbocycles. The summed E-state index contributed by atoms with van der Waals surface area (Å²) in [5.74, 6) is 0.249. The number of ether oxygens (including phenoxy) is 1. The zero-order valence-electron chi connectivity index (χ0n) is 16.0. The second kappa shape index (κ2) is 7.92. The fourth-order valence-electron chi connectivity index (χ4n) is 3.01. The number of carboxylic acid groups (broad SMARTS) is 1.